The van der Waals surface area contributed by atoms with Crippen LogP contribution in [-0.2, 0) is 9.53 Å². The van der Waals surface area contributed by atoms with E-state index in [0.717, 1.165) is 5.56 Å². The minimum atomic E-state index is -0.254. The normalized spacial score (nSPS) is 12.7. The molecule has 74 valence electrons. The maximum Gasteiger partial charge on any atom is 0.303 e. The van der Waals surface area contributed by atoms with Crippen LogP contribution in [0.3, 0.4) is 0 Å². The van der Waals surface area contributed by atoms with Gasteiger partial charge in [0.25, 0.3) is 0 Å². The summed E-state index contributed by atoms with van der Waals surface area (Å²) in [4.78, 5) is 10.6. The van der Waals surface area contributed by atoms with Crippen LogP contribution in [0.25, 0.3) is 6.08 Å². The van der Waals surface area contributed by atoms with Gasteiger partial charge in [0.15, 0.2) is 0 Å². The van der Waals surface area contributed by atoms with Crippen LogP contribution in [-0.4, -0.2) is 12.1 Å². The second-order valence-electron chi connectivity index (χ2n) is 3.08. The van der Waals surface area contributed by atoms with E-state index in [1.165, 1.54) is 6.92 Å². The third kappa shape index (κ3) is 3.90. The molecule has 0 aliphatic carbocycles. The number of hydrogen-bond acceptors (Lipinski definition) is 2. The zero-order valence-corrected chi connectivity index (χ0v) is 8.44. The first-order valence-corrected chi connectivity index (χ1v) is 4.59. The van der Waals surface area contributed by atoms with Crippen molar-refractivity contribution in [1.29, 1.82) is 0 Å². The molecule has 0 spiro atoms. The summed E-state index contributed by atoms with van der Waals surface area (Å²) in [5.41, 5.74) is 1.10. The summed E-state index contributed by atoms with van der Waals surface area (Å²) >= 11 is 0. The van der Waals surface area contributed by atoms with Gasteiger partial charge in [-0.2, -0.15) is 0 Å². The van der Waals surface area contributed by atoms with Crippen molar-refractivity contribution in [3.8, 4) is 0 Å². The lowest BCUT2D eigenvalue weighted by Gasteiger charge is -2.05. The summed E-state index contributed by atoms with van der Waals surface area (Å²) in [7, 11) is 0. The van der Waals surface area contributed by atoms with Gasteiger partial charge in [0.05, 0.1) is 0 Å². The number of esters is 1. The molecular weight excluding hydrogens is 176 g/mol. The number of ether oxygens (including phenoxy) is 1. The fourth-order valence-electron chi connectivity index (χ4n) is 1.11. The minimum Gasteiger partial charge on any atom is -0.459 e. The molecule has 0 aliphatic rings. The maximum atomic E-state index is 10.6. The molecule has 0 N–H and O–H groups in total. The quantitative estimate of drug-likeness (QED) is 0.685. The van der Waals surface area contributed by atoms with E-state index in [2.05, 4.69) is 0 Å². The van der Waals surface area contributed by atoms with Gasteiger partial charge in [-0.3, -0.25) is 4.79 Å². The molecular formula is C12H14O2. The third-order valence-corrected chi connectivity index (χ3v) is 1.71. The standard InChI is InChI=1S/C12H14O2/c1-10(14-11(2)13)8-9-12-6-4-3-5-7-12/h3-10H,1-2H3/b9-8+. The van der Waals surface area contributed by atoms with Crippen LogP contribution >= 0.6 is 0 Å². The first-order valence-electron chi connectivity index (χ1n) is 4.59. The lowest BCUT2D eigenvalue weighted by molar-refractivity contribution is -0.143. The van der Waals surface area contributed by atoms with Gasteiger partial charge in [-0.1, -0.05) is 36.4 Å². The van der Waals surface area contributed by atoms with Crippen molar-refractivity contribution in [3.63, 3.8) is 0 Å². The van der Waals surface area contributed by atoms with Gasteiger partial charge in [-0.25, -0.2) is 0 Å². The summed E-state index contributed by atoms with van der Waals surface area (Å²) in [6, 6.07) is 9.90. The lowest BCUT2D eigenvalue weighted by Crippen LogP contribution is -2.08. The SMILES string of the molecule is CC(=O)OC(C)/C=C/c1ccccc1. The van der Waals surface area contributed by atoms with E-state index in [4.69, 9.17) is 4.74 Å². The molecule has 0 bridgehead atoms. The van der Waals surface area contributed by atoms with Crippen LogP contribution in [0, 0.1) is 0 Å². The predicted octanol–water partition coefficient (Wildman–Crippen LogP) is 2.65. The molecule has 1 rings (SSSR count). The van der Waals surface area contributed by atoms with E-state index in [1.807, 2.05) is 49.4 Å². The highest BCUT2D eigenvalue weighted by molar-refractivity contribution is 5.66. The van der Waals surface area contributed by atoms with Crippen molar-refractivity contribution in [2.24, 2.45) is 0 Å². The van der Waals surface area contributed by atoms with Crippen LogP contribution in [0.15, 0.2) is 36.4 Å². The lowest BCUT2D eigenvalue weighted by atomic mass is 10.2. The van der Waals surface area contributed by atoms with Crippen LogP contribution in [0.2, 0.25) is 0 Å². The molecule has 14 heavy (non-hydrogen) atoms. The van der Waals surface area contributed by atoms with Crippen LogP contribution in [0.1, 0.15) is 19.4 Å². The fraction of sp³-hybridized carbons (Fsp3) is 0.250. The van der Waals surface area contributed by atoms with Crippen molar-refractivity contribution in [2.75, 3.05) is 0 Å². The van der Waals surface area contributed by atoms with Gasteiger partial charge in [0, 0.05) is 6.92 Å². The van der Waals surface area contributed by atoms with Crippen molar-refractivity contribution < 1.29 is 9.53 Å². The van der Waals surface area contributed by atoms with Crippen molar-refractivity contribution in [1.82, 2.24) is 0 Å². The van der Waals surface area contributed by atoms with Gasteiger partial charge >= 0.3 is 5.97 Å². The Morgan fingerprint density at radius 2 is 2.00 bits per heavy atom. The summed E-state index contributed by atoms with van der Waals surface area (Å²) in [5.74, 6) is -0.254. The van der Waals surface area contributed by atoms with Gasteiger partial charge in [0.1, 0.15) is 6.10 Å². The summed E-state index contributed by atoms with van der Waals surface area (Å²) in [6.07, 6.45) is 3.62. The Balaban J connectivity index is 2.52. The number of carbonyl (C=O) groups excluding carboxylic acids is 1. The summed E-state index contributed by atoms with van der Waals surface area (Å²) in [5, 5.41) is 0. The predicted molar refractivity (Wildman–Crippen MR) is 56.7 cm³/mol. The zero-order valence-electron chi connectivity index (χ0n) is 8.44. The average Bonchev–Trinajstić information content (AvgIpc) is 2.15. The molecule has 0 saturated carbocycles. The second kappa shape index (κ2) is 5.22. The molecule has 0 radical (unpaired) electrons. The Kier molecular flexibility index (Phi) is 3.92. The largest absolute Gasteiger partial charge is 0.459 e. The fourth-order valence-corrected chi connectivity index (χ4v) is 1.11. The monoisotopic (exact) mass is 190 g/mol. The maximum absolute atomic E-state index is 10.6. The van der Waals surface area contributed by atoms with Crippen molar-refractivity contribution >= 4 is 12.0 Å². The minimum absolute atomic E-state index is 0.173. The zero-order chi connectivity index (χ0) is 10.4. The van der Waals surface area contributed by atoms with Gasteiger partial charge in [-0.15, -0.1) is 0 Å². The Labute approximate surface area is 84.2 Å². The van der Waals surface area contributed by atoms with E-state index >= 15 is 0 Å². The van der Waals surface area contributed by atoms with E-state index in [-0.39, 0.29) is 12.1 Å². The highest BCUT2D eigenvalue weighted by Gasteiger charge is 1.98. The first kappa shape index (κ1) is 10.5. The highest BCUT2D eigenvalue weighted by Crippen LogP contribution is 2.03. The van der Waals surface area contributed by atoms with Crippen molar-refractivity contribution in [3.05, 3.63) is 42.0 Å². The highest BCUT2D eigenvalue weighted by atomic mass is 16.5. The van der Waals surface area contributed by atoms with Gasteiger partial charge in [0.2, 0.25) is 0 Å². The Hall–Kier alpha value is -1.57. The Morgan fingerprint density at radius 3 is 2.57 bits per heavy atom. The molecule has 0 saturated heterocycles. The molecule has 1 unspecified atom stereocenters. The molecule has 0 aliphatic heterocycles. The van der Waals surface area contributed by atoms with E-state index in [9.17, 15) is 4.79 Å². The van der Waals surface area contributed by atoms with E-state index < -0.39 is 0 Å². The number of hydrogen-bond donors (Lipinski definition) is 0. The van der Waals surface area contributed by atoms with E-state index in [0.29, 0.717) is 0 Å². The first-order chi connectivity index (χ1) is 6.68. The number of rotatable bonds is 3. The summed E-state index contributed by atoms with van der Waals surface area (Å²) < 4.78 is 4.95. The number of benzene rings is 1. The molecule has 1 aromatic rings. The molecule has 0 amide bonds. The Morgan fingerprint density at radius 1 is 1.36 bits per heavy atom. The average molecular weight is 190 g/mol. The van der Waals surface area contributed by atoms with Gasteiger partial charge in [-0.05, 0) is 18.6 Å². The topological polar surface area (TPSA) is 26.3 Å². The molecule has 1 atom stereocenters. The van der Waals surface area contributed by atoms with Gasteiger partial charge < -0.3 is 4.74 Å². The van der Waals surface area contributed by atoms with Crippen LogP contribution < -0.4 is 0 Å². The molecule has 1 aromatic carbocycles. The molecule has 0 heterocycles. The molecule has 0 fully saturated rings. The summed E-state index contributed by atoms with van der Waals surface area (Å²) in [6.45, 7) is 3.24. The second-order valence-corrected chi connectivity index (χ2v) is 3.08. The van der Waals surface area contributed by atoms with Crippen molar-refractivity contribution in [2.45, 2.75) is 20.0 Å². The molecule has 2 nitrogen and oxygen atoms in total. The molecule has 0 aromatic heterocycles. The number of carbonyl (C=O) groups is 1. The van der Waals surface area contributed by atoms with Crippen LogP contribution in [0.4, 0.5) is 0 Å². The van der Waals surface area contributed by atoms with Crippen LogP contribution in [0.5, 0.6) is 0 Å². The third-order valence-electron chi connectivity index (χ3n) is 1.71. The van der Waals surface area contributed by atoms with E-state index in [1.54, 1.807) is 0 Å². The Bertz CT molecular complexity index is 314. The smallest absolute Gasteiger partial charge is 0.303 e. The molecule has 2 heteroatoms.